The molecule has 0 radical (unpaired) electrons. The van der Waals surface area contributed by atoms with E-state index in [9.17, 15) is 14.9 Å². The third kappa shape index (κ3) is 5.16. The predicted molar refractivity (Wildman–Crippen MR) is 142 cm³/mol. The molecule has 0 saturated carbocycles. The SMILES string of the molecule is CCOC(=O)c1c(C(c2ccccc2)c2ccccc2)c2cc([N+](=O)[O-])ccc2n1CCCN(C)C. The summed E-state index contributed by atoms with van der Waals surface area (Å²) >= 11 is 0. The number of nitrogens with zero attached hydrogens (tertiary/aromatic N) is 3. The normalized spacial score (nSPS) is 11.4. The second-order valence-corrected chi connectivity index (χ2v) is 9.00. The molecular formula is C29H31N3O4. The summed E-state index contributed by atoms with van der Waals surface area (Å²) in [5.41, 5.74) is 3.94. The van der Waals surface area contributed by atoms with Crippen molar-refractivity contribution >= 4 is 22.6 Å². The van der Waals surface area contributed by atoms with Gasteiger partial charge in [0.1, 0.15) is 5.69 Å². The highest BCUT2D eigenvalue weighted by molar-refractivity contribution is 6.01. The highest BCUT2D eigenvalue weighted by Gasteiger charge is 2.31. The number of hydrogen-bond donors (Lipinski definition) is 0. The number of aromatic nitrogens is 1. The number of carbonyl (C=O) groups excluding carboxylic acids is 1. The van der Waals surface area contributed by atoms with Crippen LogP contribution in [0.25, 0.3) is 10.9 Å². The summed E-state index contributed by atoms with van der Waals surface area (Å²) in [5, 5.41) is 12.4. The number of benzene rings is 3. The lowest BCUT2D eigenvalue weighted by molar-refractivity contribution is -0.384. The number of nitro benzene ring substituents is 1. The van der Waals surface area contributed by atoms with Gasteiger partial charge in [-0.1, -0.05) is 60.7 Å². The van der Waals surface area contributed by atoms with Crippen molar-refractivity contribution in [2.45, 2.75) is 25.8 Å². The van der Waals surface area contributed by atoms with Crippen molar-refractivity contribution < 1.29 is 14.5 Å². The minimum absolute atomic E-state index is 0.00975. The van der Waals surface area contributed by atoms with Gasteiger partial charge in [0, 0.05) is 41.1 Å². The molecule has 0 aliphatic heterocycles. The molecule has 0 atom stereocenters. The zero-order chi connectivity index (χ0) is 25.7. The fourth-order valence-electron chi connectivity index (χ4n) is 4.79. The number of hydrogen-bond acceptors (Lipinski definition) is 5. The Kier molecular flexibility index (Phi) is 7.80. The Morgan fingerprint density at radius 1 is 1.00 bits per heavy atom. The van der Waals surface area contributed by atoms with Crippen LogP contribution in [-0.2, 0) is 11.3 Å². The molecule has 1 aromatic heterocycles. The Bertz CT molecular complexity index is 1310. The van der Waals surface area contributed by atoms with Crippen LogP contribution in [-0.4, -0.2) is 47.6 Å². The number of esters is 1. The van der Waals surface area contributed by atoms with E-state index in [0.29, 0.717) is 17.6 Å². The number of ether oxygens (including phenoxy) is 1. The van der Waals surface area contributed by atoms with E-state index in [0.717, 1.165) is 35.2 Å². The largest absolute Gasteiger partial charge is 0.461 e. The molecule has 0 amide bonds. The first-order valence-corrected chi connectivity index (χ1v) is 12.1. The van der Waals surface area contributed by atoms with Gasteiger partial charge < -0.3 is 14.2 Å². The second kappa shape index (κ2) is 11.2. The Morgan fingerprint density at radius 3 is 2.14 bits per heavy atom. The summed E-state index contributed by atoms with van der Waals surface area (Å²) in [6.45, 7) is 3.44. The van der Waals surface area contributed by atoms with Crippen LogP contribution < -0.4 is 0 Å². The summed E-state index contributed by atoms with van der Waals surface area (Å²) in [6.07, 6.45) is 0.807. The number of rotatable bonds is 10. The van der Waals surface area contributed by atoms with Crippen molar-refractivity contribution in [3.8, 4) is 0 Å². The molecule has 7 heteroatoms. The molecule has 0 aliphatic rings. The van der Waals surface area contributed by atoms with Crippen LogP contribution in [0.1, 0.15) is 46.4 Å². The van der Waals surface area contributed by atoms with Gasteiger partial charge in [0.15, 0.2) is 0 Å². The average Bonchev–Trinajstić information content (AvgIpc) is 3.19. The summed E-state index contributed by atoms with van der Waals surface area (Å²) < 4.78 is 7.54. The van der Waals surface area contributed by atoms with Crippen molar-refractivity contribution in [1.82, 2.24) is 9.47 Å². The maximum absolute atomic E-state index is 13.6. The molecule has 3 aromatic carbocycles. The topological polar surface area (TPSA) is 77.6 Å². The molecular weight excluding hydrogens is 454 g/mol. The van der Waals surface area contributed by atoms with Crippen LogP contribution in [0.5, 0.6) is 0 Å². The molecule has 0 unspecified atom stereocenters. The van der Waals surface area contributed by atoms with E-state index in [1.807, 2.05) is 79.3 Å². The van der Waals surface area contributed by atoms with Crippen molar-refractivity contribution in [2.24, 2.45) is 0 Å². The third-order valence-electron chi connectivity index (χ3n) is 6.31. The second-order valence-electron chi connectivity index (χ2n) is 9.00. The number of nitro groups is 1. The van der Waals surface area contributed by atoms with Crippen LogP contribution in [0.3, 0.4) is 0 Å². The van der Waals surface area contributed by atoms with Crippen LogP contribution in [0.15, 0.2) is 78.9 Å². The Labute approximate surface area is 211 Å². The van der Waals surface area contributed by atoms with E-state index in [4.69, 9.17) is 4.74 Å². The smallest absolute Gasteiger partial charge is 0.355 e. The number of carbonyl (C=O) groups is 1. The first-order valence-electron chi connectivity index (χ1n) is 12.1. The van der Waals surface area contributed by atoms with E-state index in [1.165, 1.54) is 6.07 Å². The summed E-state index contributed by atoms with van der Waals surface area (Å²) in [7, 11) is 4.02. The lowest BCUT2D eigenvalue weighted by Gasteiger charge is -2.20. The van der Waals surface area contributed by atoms with Crippen LogP contribution >= 0.6 is 0 Å². The zero-order valence-electron chi connectivity index (χ0n) is 20.9. The maximum atomic E-state index is 13.6. The van der Waals surface area contributed by atoms with Gasteiger partial charge in [0.05, 0.1) is 11.5 Å². The molecule has 0 spiro atoms. The highest BCUT2D eigenvalue weighted by Crippen LogP contribution is 2.41. The van der Waals surface area contributed by atoms with Crippen LogP contribution in [0, 0.1) is 10.1 Å². The first kappa shape index (κ1) is 25.1. The van der Waals surface area contributed by atoms with Gasteiger partial charge in [-0.3, -0.25) is 10.1 Å². The van der Waals surface area contributed by atoms with Crippen molar-refractivity contribution in [1.29, 1.82) is 0 Å². The van der Waals surface area contributed by atoms with E-state index < -0.39 is 10.9 Å². The van der Waals surface area contributed by atoms with Gasteiger partial charge in [-0.25, -0.2) is 4.79 Å². The van der Waals surface area contributed by atoms with Crippen LogP contribution in [0.2, 0.25) is 0 Å². The molecule has 7 nitrogen and oxygen atoms in total. The van der Waals surface area contributed by atoms with E-state index in [2.05, 4.69) is 4.90 Å². The first-order chi connectivity index (χ1) is 17.4. The van der Waals surface area contributed by atoms with Crippen LogP contribution in [0.4, 0.5) is 5.69 Å². The molecule has 0 aliphatic carbocycles. The lowest BCUT2D eigenvalue weighted by Crippen LogP contribution is -2.19. The Hall–Kier alpha value is -3.97. The third-order valence-corrected chi connectivity index (χ3v) is 6.31. The zero-order valence-corrected chi connectivity index (χ0v) is 20.9. The fraction of sp³-hybridized carbons (Fsp3) is 0.276. The van der Waals surface area contributed by atoms with Gasteiger partial charge in [-0.15, -0.1) is 0 Å². The molecule has 186 valence electrons. The summed E-state index contributed by atoms with van der Waals surface area (Å²) in [5.74, 6) is -0.737. The van der Waals surface area contributed by atoms with Crippen molar-refractivity contribution in [3.63, 3.8) is 0 Å². The number of fused-ring (bicyclic) bond motifs is 1. The molecule has 4 aromatic rings. The maximum Gasteiger partial charge on any atom is 0.355 e. The van der Waals surface area contributed by atoms with E-state index >= 15 is 0 Å². The lowest BCUT2D eigenvalue weighted by atomic mass is 9.83. The van der Waals surface area contributed by atoms with Gasteiger partial charge in [0.2, 0.25) is 0 Å². The predicted octanol–water partition coefficient (Wildman–Crippen LogP) is 5.86. The minimum Gasteiger partial charge on any atom is -0.461 e. The monoisotopic (exact) mass is 485 g/mol. The highest BCUT2D eigenvalue weighted by atomic mass is 16.6. The Morgan fingerprint density at radius 2 is 1.61 bits per heavy atom. The number of non-ortho nitro benzene ring substituents is 1. The fourth-order valence-corrected chi connectivity index (χ4v) is 4.79. The molecule has 0 bridgehead atoms. The van der Waals surface area contributed by atoms with E-state index in [-0.39, 0.29) is 18.2 Å². The minimum atomic E-state index is -0.423. The molecule has 0 N–H and O–H groups in total. The van der Waals surface area contributed by atoms with Gasteiger partial charge in [-0.2, -0.15) is 0 Å². The molecule has 0 saturated heterocycles. The Balaban J connectivity index is 2.07. The van der Waals surface area contributed by atoms with Crippen molar-refractivity contribution in [3.05, 3.63) is 111 Å². The molecule has 1 heterocycles. The van der Waals surface area contributed by atoms with Gasteiger partial charge in [-0.05, 0) is 51.2 Å². The quantitative estimate of drug-likeness (QED) is 0.160. The number of aryl methyl sites for hydroxylation is 1. The van der Waals surface area contributed by atoms with E-state index in [1.54, 1.807) is 19.1 Å². The van der Waals surface area contributed by atoms with Crippen molar-refractivity contribution in [2.75, 3.05) is 27.2 Å². The summed E-state index contributed by atoms with van der Waals surface area (Å²) in [4.78, 5) is 27.0. The average molecular weight is 486 g/mol. The molecule has 4 rings (SSSR count). The summed E-state index contributed by atoms with van der Waals surface area (Å²) in [6, 6.07) is 24.7. The van der Waals surface area contributed by atoms with Gasteiger partial charge in [0.25, 0.3) is 5.69 Å². The standard InChI is InChI=1S/C29H31N3O4/c1-4-36-29(33)28-27(26(21-12-7-5-8-13-21)22-14-9-6-10-15-22)24-20-23(32(34)35)16-17-25(24)31(28)19-11-18-30(2)3/h5-10,12-17,20,26H,4,11,18-19H2,1-3H3. The molecule has 0 fully saturated rings. The molecule has 36 heavy (non-hydrogen) atoms. The van der Waals surface area contributed by atoms with Gasteiger partial charge >= 0.3 is 5.97 Å².